The minimum absolute atomic E-state index is 0.0975. The van der Waals surface area contributed by atoms with Gasteiger partial charge in [-0.2, -0.15) is 0 Å². The summed E-state index contributed by atoms with van der Waals surface area (Å²) in [6.45, 7) is 6.52. The quantitative estimate of drug-likeness (QED) is 0.843. The number of hydrogen-bond acceptors (Lipinski definition) is 2. The second-order valence-corrected chi connectivity index (χ2v) is 7.42. The third-order valence-corrected chi connectivity index (χ3v) is 4.72. The monoisotopic (exact) mass is 281 g/mol. The van der Waals surface area contributed by atoms with E-state index < -0.39 is 11.9 Å². The Morgan fingerprint density at radius 1 is 1.30 bits per heavy atom. The lowest BCUT2D eigenvalue weighted by Crippen LogP contribution is -2.43. The second-order valence-electron chi connectivity index (χ2n) is 7.42. The smallest absolute Gasteiger partial charge is 0.308 e. The molecule has 0 heterocycles. The Kier molecular flexibility index (Phi) is 4.40. The topological polar surface area (TPSA) is 57.6 Å². The van der Waals surface area contributed by atoms with Gasteiger partial charge < -0.3 is 10.0 Å². The van der Waals surface area contributed by atoms with Crippen LogP contribution in [0.3, 0.4) is 0 Å². The SMILES string of the molecule is CC(CN(C(=O)C1CCCC(C)(C)C1)C1CC1)C(=O)O. The van der Waals surface area contributed by atoms with Crippen molar-refractivity contribution in [1.29, 1.82) is 0 Å². The maximum absolute atomic E-state index is 12.8. The molecule has 0 saturated heterocycles. The fourth-order valence-electron chi connectivity index (χ4n) is 3.32. The molecule has 4 nitrogen and oxygen atoms in total. The molecule has 2 fully saturated rings. The number of nitrogens with zero attached hydrogens (tertiary/aromatic N) is 1. The molecule has 2 atom stereocenters. The van der Waals surface area contributed by atoms with Gasteiger partial charge in [-0.3, -0.25) is 9.59 Å². The highest BCUT2D eigenvalue weighted by Gasteiger charge is 2.40. The molecule has 0 radical (unpaired) electrons. The van der Waals surface area contributed by atoms with Crippen molar-refractivity contribution in [3.63, 3.8) is 0 Å². The Morgan fingerprint density at radius 2 is 1.95 bits per heavy atom. The van der Waals surface area contributed by atoms with Crippen molar-refractivity contribution < 1.29 is 14.7 Å². The van der Waals surface area contributed by atoms with Crippen LogP contribution in [-0.2, 0) is 9.59 Å². The summed E-state index contributed by atoms with van der Waals surface area (Å²) in [5, 5.41) is 9.07. The van der Waals surface area contributed by atoms with Gasteiger partial charge in [0.15, 0.2) is 0 Å². The van der Waals surface area contributed by atoms with Gasteiger partial charge in [0.25, 0.3) is 0 Å². The van der Waals surface area contributed by atoms with E-state index in [1.807, 2.05) is 4.90 Å². The van der Waals surface area contributed by atoms with Gasteiger partial charge >= 0.3 is 5.97 Å². The van der Waals surface area contributed by atoms with Crippen LogP contribution >= 0.6 is 0 Å². The molecular weight excluding hydrogens is 254 g/mol. The normalized spacial score (nSPS) is 26.9. The molecule has 2 aliphatic rings. The molecule has 1 N–H and O–H groups in total. The predicted molar refractivity (Wildman–Crippen MR) is 77.3 cm³/mol. The van der Waals surface area contributed by atoms with Gasteiger partial charge in [-0.1, -0.05) is 27.2 Å². The lowest BCUT2D eigenvalue weighted by atomic mass is 9.72. The number of carboxylic acids is 1. The van der Waals surface area contributed by atoms with Crippen LogP contribution in [0.5, 0.6) is 0 Å². The zero-order valence-corrected chi connectivity index (χ0v) is 12.9. The lowest BCUT2D eigenvalue weighted by Gasteiger charge is -2.37. The van der Waals surface area contributed by atoms with Gasteiger partial charge in [0.2, 0.25) is 5.91 Å². The summed E-state index contributed by atoms with van der Waals surface area (Å²) in [5.41, 5.74) is 0.242. The van der Waals surface area contributed by atoms with Crippen LogP contribution in [0, 0.1) is 17.3 Å². The van der Waals surface area contributed by atoms with Crippen molar-refractivity contribution in [2.75, 3.05) is 6.54 Å². The molecule has 0 spiro atoms. The van der Waals surface area contributed by atoms with Crippen molar-refractivity contribution in [2.24, 2.45) is 17.3 Å². The van der Waals surface area contributed by atoms with E-state index in [1.54, 1.807) is 6.92 Å². The van der Waals surface area contributed by atoms with Crippen LogP contribution in [0.1, 0.15) is 59.3 Å². The Balaban J connectivity index is 2.01. The van der Waals surface area contributed by atoms with E-state index in [-0.39, 0.29) is 17.2 Å². The molecule has 1 amide bonds. The van der Waals surface area contributed by atoms with Gasteiger partial charge in [-0.25, -0.2) is 0 Å². The molecule has 2 saturated carbocycles. The number of carboxylic acid groups (broad SMARTS) is 1. The molecule has 20 heavy (non-hydrogen) atoms. The molecule has 0 aromatic carbocycles. The van der Waals surface area contributed by atoms with E-state index in [1.165, 1.54) is 6.42 Å². The van der Waals surface area contributed by atoms with E-state index in [0.717, 1.165) is 32.1 Å². The Labute approximate surface area is 121 Å². The zero-order chi connectivity index (χ0) is 14.9. The molecule has 0 aromatic rings. The average molecular weight is 281 g/mol. The van der Waals surface area contributed by atoms with Crippen LogP contribution in [0.25, 0.3) is 0 Å². The molecule has 0 bridgehead atoms. The predicted octanol–water partition coefficient (Wildman–Crippen LogP) is 2.91. The number of carbonyl (C=O) groups is 2. The standard InChI is InChI=1S/C16H27NO3/c1-11(15(19)20)10-17(13-6-7-13)14(18)12-5-4-8-16(2,3)9-12/h11-13H,4-10H2,1-3H3,(H,19,20). The molecular formula is C16H27NO3. The minimum Gasteiger partial charge on any atom is -0.481 e. The van der Waals surface area contributed by atoms with Crippen molar-refractivity contribution in [1.82, 2.24) is 4.90 Å². The Morgan fingerprint density at radius 3 is 2.45 bits per heavy atom. The van der Waals surface area contributed by atoms with E-state index in [0.29, 0.717) is 12.6 Å². The van der Waals surface area contributed by atoms with Gasteiger partial charge in [0.1, 0.15) is 0 Å². The summed E-state index contributed by atoms with van der Waals surface area (Å²) in [4.78, 5) is 25.7. The van der Waals surface area contributed by atoms with Crippen LogP contribution in [0.4, 0.5) is 0 Å². The van der Waals surface area contributed by atoms with Gasteiger partial charge in [0, 0.05) is 18.5 Å². The lowest BCUT2D eigenvalue weighted by molar-refractivity contribution is -0.145. The van der Waals surface area contributed by atoms with E-state index in [2.05, 4.69) is 13.8 Å². The molecule has 114 valence electrons. The fraction of sp³-hybridized carbons (Fsp3) is 0.875. The van der Waals surface area contributed by atoms with Crippen LogP contribution in [0.2, 0.25) is 0 Å². The summed E-state index contributed by atoms with van der Waals surface area (Å²) < 4.78 is 0. The number of amides is 1. The maximum Gasteiger partial charge on any atom is 0.308 e. The van der Waals surface area contributed by atoms with Gasteiger partial charge in [-0.15, -0.1) is 0 Å². The van der Waals surface area contributed by atoms with Crippen molar-refractivity contribution >= 4 is 11.9 Å². The number of hydrogen-bond donors (Lipinski definition) is 1. The maximum atomic E-state index is 12.8. The van der Waals surface area contributed by atoms with Crippen LogP contribution in [-0.4, -0.2) is 34.5 Å². The summed E-state index contributed by atoms with van der Waals surface area (Å²) in [6, 6.07) is 0.300. The molecule has 2 aliphatic carbocycles. The first kappa shape index (κ1) is 15.3. The first-order valence-corrected chi connectivity index (χ1v) is 7.83. The summed E-state index contributed by atoms with van der Waals surface area (Å²) in [6.07, 6.45) is 6.27. The van der Waals surface area contributed by atoms with E-state index >= 15 is 0 Å². The number of aliphatic carboxylic acids is 1. The third kappa shape index (κ3) is 3.74. The molecule has 2 rings (SSSR count). The molecule has 2 unspecified atom stereocenters. The highest BCUT2D eigenvalue weighted by Crippen LogP contribution is 2.40. The zero-order valence-electron chi connectivity index (χ0n) is 12.9. The highest BCUT2D eigenvalue weighted by molar-refractivity contribution is 5.80. The number of carbonyl (C=O) groups excluding carboxylic acids is 1. The van der Waals surface area contributed by atoms with E-state index in [4.69, 9.17) is 5.11 Å². The van der Waals surface area contributed by atoms with Crippen LogP contribution in [0.15, 0.2) is 0 Å². The van der Waals surface area contributed by atoms with Crippen molar-refractivity contribution in [3.05, 3.63) is 0 Å². The summed E-state index contributed by atoms with van der Waals surface area (Å²) in [5.74, 6) is -0.989. The highest BCUT2D eigenvalue weighted by atomic mass is 16.4. The molecule has 4 heteroatoms. The fourth-order valence-corrected chi connectivity index (χ4v) is 3.32. The summed E-state index contributed by atoms with van der Waals surface area (Å²) in [7, 11) is 0. The summed E-state index contributed by atoms with van der Waals surface area (Å²) >= 11 is 0. The first-order chi connectivity index (χ1) is 9.30. The Bertz CT molecular complexity index is 387. The Hall–Kier alpha value is -1.06. The third-order valence-electron chi connectivity index (χ3n) is 4.72. The number of rotatable bonds is 5. The first-order valence-electron chi connectivity index (χ1n) is 7.83. The van der Waals surface area contributed by atoms with Crippen molar-refractivity contribution in [3.8, 4) is 0 Å². The van der Waals surface area contributed by atoms with Crippen molar-refractivity contribution in [2.45, 2.75) is 65.3 Å². The molecule has 0 aliphatic heterocycles. The second kappa shape index (κ2) is 5.74. The molecule has 0 aromatic heterocycles. The van der Waals surface area contributed by atoms with E-state index in [9.17, 15) is 9.59 Å². The minimum atomic E-state index is -0.813. The van der Waals surface area contributed by atoms with Gasteiger partial charge in [0.05, 0.1) is 5.92 Å². The van der Waals surface area contributed by atoms with Gasteiger partial charge in [-0.05, 0) is 37.5 Å². The van der Waals surface area contributed by atoms with Crippen LogP contribution < -0.4 is 0 Å². The largest absolute Gasteiger partial charge is 0.481 e. The average Bonchev–Trinajstić information content (AvgIpc) is 3.17.